The first-order chi connectivity index (χ1) is 11.5. The maximum atomic E-state index is 12.1. The predicted octanol–water partition coefficient (Wildman–Crippen LogP) is 2.33. The molecule has 8 nitrogen and oxygen atoms in total. The van der Waals surface area contributed by atoms with Crippen LogP contribution in [-0.2, 0) is 9.53 Å². The number of esters is 1. The fourth-order valence-electron chi connectivity index (χ4n) is 2.26. The van der Waals surface area contributed by atoms with E-state index in [-0.39, 0.29) is 12.3 Å². The summed E-state index contributed by atoms with van der Waals surface area (Å²) >= 11 is 0. The van der Waals surface area contributed by atoms with Gasteiger partial charge < -0.3 is 4.74 Å². The molecule has 2 aromatic rings. The van der Waals surface area contributed by atoms with Crippen molar-refractivity contribution in [3.8, 4) is 11.3 Å². The Morgan fingerprint density at radius 3 is 2.71 bits per heavy atom. The molecule has 1 heterocycles. The summed E-state index contributed by atoms with van der Waals surface area (Å²) in [5, 5.41) is 15.1. The number of nitro benzene ring substituents is 1. The van der Waals surface area contributed by atoms with Gasteiger partial charge in [0.1, 0.15) is 0 Å². The summed E-state index contributed by atoms with van der Waals surface area (Å²) in [6.45, 7) is 3.63. The average Bonchev–Trinajstić information content (AvgIpc) is 2.57. The van der Waals surface area contributed by atoms with Crippen LogP contribution in [0.4, 0.5) is 5.69 Å². The average molecular weight is 331 g/mol. The van der Waals surface area contributed by atoms with E-state index in [0.717, 1.165) is 4.68 Å². The highest BCUT2D eigenvalue weighted by Gasteiger charge is 2.22. The van der Waals surface area contributed by atoms with Gasteiger partial charge in [0, 0.05) is 23.8 Å². The third kappa shape index (κ3) is 3.65. The number of non-ortho nitro benzene ring substituents is 1. The van der Waals surface area contributed by atoms with Gasteiger partial charge in [-0.3, -0.25) is 14.9 Å². The normalized spacial score (nSPS) is 11.8. The molecule has 126 valence electrons. The summed E-state index contributed by atoms with van der Waals surface area (Å²) in [5.41, 5.74) is 0.325. The Bertz CT molecular complexity index is 815. The highest BCUT2D eigenvalue weighted by atomic mass is 16.6. The molecule has 0 fully saturated rings. The number of ether oxygens (including phenoxy) is 1. The molecule has 0 saturated carbocycles. The standard InChI is InChI=1S/C16H17N3O5/c1-3-14(16(21)24-4-2)18-15(20)9-8-13(17-18)11-6-5-7-12(10-11)19(22)23/h5-10,14H,3-4H2,1-2H3/t14-/m0/s1. The van der Waals surface area contributed by atoms with E-state index in [0.29, 0.717) is 17.7 Å². The van der Waals surface area contributed by atoms with E-state index in [1.165, 1.54) is 30.3 Å². The largest absolute Gasteiger partial charge is 0.464 e. The lowest BCUT2D eigenvalue weighted by Gasteiger charge is -2.16. The minimum Gasteiger partial charge on any atom is -0.464 e. The summed E-state index contributed by atoms with van der Waals surface area (Å²) in [4.78, 5) is 34.5. The number of nitrogens with zero attached hydrogens (tertiary/aromatic N) is 3. The van der Waals surface area contributed by atoms with Gasteiger partial charge in [-0.1, -0.05) is 19.1 Å². The van der Waals surface area contributed by atoms with Crippen molar-refractivity contribution in [1.82, 2.24) is 9.78 Å². The first-order valence-corrected chi connectivity index (χ1v) is 7.49. The van der Waals surface area contributed by atoms with Crippen LogP contribution in [0.2, 0.25) is 0 Å². The molecule has 1 aromatic heterocycles. The molecule has 0 bridgehead atoms. The van der Waals surface area contributed by atoms with Gasteiger partial charge in [0.15, 0.2) is 6.04 Å². The lowest BCUT2D eigenvalue weighted by Crippen LogP contribution is -2.32. The van der Waals surface area contributed by atoms with E-state index < -0.39 is 22.5 Å². The van der Waals surface area contributed by atoms with Crippen LogP contribution in [0, 0.1) is 10.1 Å². The second-order valence-corrected chi connectivity index (χ2v) is 4.98. The maximum Gasteiger partial charge on any atom is 0.331 e. The van der Waals surface area contributed by atoms with Gasteiger partial charge in [0.05, 0.1) is 17.2 Å². The second kappa shape index (κ2) is 7.49. The van der Waals surface area contributed by atoms with Crippen LogP contribution in [0.25, 0.3) is 11.3 Å². The molecule has 0 amide bonds. The zero-order chi connectivity index (χ0) is 17.7. The number of benzene rings is 1. The molecule has 2 rings (SSSR count). The Hall–Kier alpha value is -3.03. The first-order valence-electron chi connectivity index (χ1n) is 7.49. The highest BCUT2D eigenvalue weighted by Crippen LogP contribution is 2.22. The van der Waals surface area contributed by atoms with E-state index in [1.54, 1.807) is 19.9 Å². The van der Waals surface area contributed by atoms with Gasteiger partial charge in [0.2, 0.25) is 0 Å². The SMILES string of the molecule is CCOC(=O)[C@H](CC)n1nc(-c2cccc([N+](=O)[O-])c2)ccc1=O. The number of nitro groups is 1. The Morgan fingerprint density at radius 1 is 1.33 bits per heavy atom. The van der Waals surface area contributed by atoms with Crippen LogP contribution in [0.1, 0.15) is 26.3 Å². The summed E-state index contributed by atoms with van der Waals surface area (Å²) in [7, 11) is 0. The highest BCUT2D eigenvalue weighted by molar-refractivity contribution is 5.74. The van der Waals surface area contributed by atoms with Crippen molar-refractivity contribution in [3.63, 3.8) is 0 Å². The van der Waals surface area contributed by atoms with Crippen molar-refractivity contribution >= 4 is 11.7 Å². The number of carbonyl (C=O) groups is 1. The molecule has 0 aliphatic carbocycles. The Kier molecular flexibility index (Phi) is 5.41. The van der Waals surface area contributed by atoms with Gasteiger partial charge >= 0.3 is 5.97 Å². The maximum absolute atomic E-state index is 12.1. The summed E-state index contributed by atoms with van der Waals surface area (Å²) < 4.78 is 6.03. The molecule has 24 heavy (non-hydrogen) atoms. The smallest absolute Gasteiger partial charge is 0.331 e. The lowest BCUT2D eigenvalue weighted by atomic mass is 10.1. The fourth-order valence-corrected chi connectivity index (χ4v) is 2.26. The fraction of sp³-hybridized carbons (Fsp3) is 0.312. The van der Waals surface area contributed by atoms with E-state index in [1.807, 2.05) is 0 Å². The van der Waals surface area contributed by atoms with Gasteiger partial charge in [-0.05, 0) is 19.4 Å². The lowest BCUT2D eigenvalue weighted by molar-refractivity contribution is -0.384. The van der Waals surface area contributed by atoms with Gasteiger partial charge in [-0.25, -0.2) is 9.48 Å². The van der Waals surface area contributed by atoms with Gasteiger partial charge in [0.25, 0.3) is 11.2 Å². The van der Waals surface area contributed by atoms with E-state index in [2.05, 4.69) is 5.10 Å². The first kappa shape index (κ1) is 17.3. The van der Waals surface area contributed by atoms with Crippen molar-refractivity contribution in [2.24, 2.45) is 0 Å². The molecule has 0 radical (unpaired) electrons. The minimum atomic E-state index is -0.837. The summed E-state index contributed by atoms with van der Waals surface area (Å²) in [5.74, 6) is -0.536. The minimum absolute atomic E-state index is 0.0792. The predicted molar refractivity (Wildman–Crippen MR) is 86.5 cm³/mol. The van der Waals surface area contributed by atoms with Crippen molar-refractivity contribution in [2.45, 2.75) is 26.3 Å². The number of hydrogen-bond donors (Lipinski definition) is 0. The van der Waals surface area contributed by atoms with Crippen LogP contribution in [0.15, 0.2) is 41.2 Å². The molecule has 0 aliphatic heterocycles. The van der Waals surface area contributed by atoms with Crippen LogP contribution in [0.3, 0.4) is 0 Å². The van der Waals surface area contributed by atoms with Crippen LogP contribution >= 0.6 is 0 Å². The third-order valence-electron chi connectivity index (χ3n) is 3.42. The molecule has 0 unspecified atom stereocenters. The molecule has 0 N–H and O–H groups in total. The van der Waals surface area contributed by atoms with Crippen LogP contribution in [-0.4, -0.2) is 27.3 Å². The summed E-state index contributed by atoms with van der Waals surface area (Å²) in [6, 6.07) is 7.83. The zero-order valence-electron chi connectivity index (χ0n) is 13.3. The molecular weight excluding hydrogens is 314 g/mol. The molecule has 0 aliphatic rings. The Morgan fingerprint density at radius 2 is 2.08 bits per heavy atom. The van der Waals surface area contributed by atoms with Crippen molar-refractivity contribution < 1.29 is 14.5 Å². The third-order valence-corrected chi connectivity index (χ3v) is 3.42. The topological polar surface area (TPSA) is 104 Å². The quantitative estimate of drug-likeness (QED) is 0.457. The number of carbonyl (C=O) groups excluding carboxylic acids is 1. The van der Waals surface area contributed by atoms with Crippen LogP contribution < -0.4 is 5.56 Å². The molecule has 8 heteroatoms. The number of hydrogen-bond acceptors (Lipinski definition) is 6. The Balaban J connectivity index is 2.48. The number of aromatic nitrogens is 2. The van der Waals surface area contributed by atoms with E-state index in [4.69, 9.17) is 4.74 Å². The molecule has 0 saturated heterocycles. The van der Waals surface area contributed by atoms with Crippen molar-refractivity contribution in [1.29, 1.82) is 0 Å². The van der Waals surface area contributed by atoms with E-state index >= 15 is 0 Å². The molecule has 1 aromatic carbocycles. The molecular formula is C16H17N3O5. The van der Waals surface area contributed by atoms with Crippen molar-refractivity contribution in [2.75, 3.05) is 6.61 Å². The monoisotopic (exact) mass is 331 g/mol. The molecule has 0 spiro atoms. The number of rotatable bonds is 6. The second-order valence-electron chi connectivity index (χ2n) is 4.98. The summed E-state index contributed by atoms with van der Waals surface area (Å²) in [6.07, 6.45) is 0.337. The van der Waals surface area contributed by atoms with Crippen LogP contribution in [0.5, 0.6) is 0 Å². The zero-order valence-corrected chi connectivity index (χ0v) is 13.3. The van der Waals surface area contributed by atoms with E-state index in [9.17, 15) is 19.7 Å². The van der Waals surface area contributed by atoms with Crippen molar-refractivity contribution in [3.05, 3.63) is 56.9 Å². The Labute approximate surface area is 137 Å². The van der Waals surface area contributed by atoms with Gasteiger partial charge in [-0.15, -0.1) is 0 Å². The molecule has 1 atom stereocenters. The van der Waals surface area contributed by atoms with Gasteiger partial charge in [-0.2, -0.15) is 5.10 Å².